The SMILES string of the molecule is CS(=O)(=O)Nc1nnc2cc(OC[C@H]3CC[C@H](C(F)(F)F)CC3)c(C3CC3)cn12. The molecule has 4 rings (SSSR count). The van der Waals surface area contributed by atoms with Crippen LogP contribution in [0.3, 0.4) is 0 Å². The molecule has 7 nitrogen and oxygen atoms in total. The Labute approximate surface area is 166 Å². The average molecular weight is 432 g/mol. The molecule has 0 saturated heterocycles. The van der Waals surface area contributed by atoms with Crippen LogP contribution in [0.5, 0.6) is 5.75 Å². The van der Waals surface area contributed by atoms with Crippen LogP contribution in [0, 0.1) is 11.8 Å². The number of hydrogen-bond acceptors (Lipinski definition) is 5. The summed E-state index contributed by atoms with van der Waals surface area (Å²) in [5.74, 6) is -0.0207. The number of anilines is 1. The molecule has 0 unspecified atom stereocenters. The van der Waals surface area contributed by atoms with Crippen molar-refractivity contribution in [3.8, 4) is 5.75 Å². The van der Waals surface area contributed by atoms with Crippen molar-refractivity contribution in [1.82, 2.24) is 14.6 Å². The molecule has 2 aromatic heterocycles. The Kier molecular flexibility index (Phi) is 5.12. The molecule has 29 heavy (non-hydrogen) atoms. The maximum absolute atomic E-state index is 12.8. The summed E-state index contributed by atoms with van der Waals surface area (Å²) in [7, 11) is -3.49. The van der Waals surface area contributed by atoms with E-state index in [4.69, 9.17) is 4.74 Å². The molecule has 11 heteroatoms. The number of nitrogens with zero attached hydrogens (tertiary/aromatic N) is 3. The van der Waals surface area contributed by atoms with Gasteiger partial charge in [0, 0.05) is 17.8 Å². The number of alkyl halides is 3. The van der Waals surface area contributed by atoms with Crippen LogP contribution in [0.25, 0.3) is 5.65 Å². The standard InChI is InChI=1S/C18H23F3N4O3S/c1-29(26,27)24-17-23-22-16-8-15(14(9-25(16)17)12-4-5-12)28-10-11-2-6-13(7-3-11)18(19,20)21/h8-9,11-13H,2-7,10H2,1H3,(H,23,24)/t11-,13-. The molecule has 2 aromatic rings. The number of nitrogens with one attached hydrogen (secondary N) is 1. The molecule has 0 bridgehead atoms. The quantitative estimate of drug-likeness (QED) is 0.752. The van der Waals surface area contributed by atoms with Crippen LogP contribution in [-0.2, 0) is 10.0 Å². The third-order valence-corrected chi connectivity index (χ3v) is 6.17. The van der Waals surface area contributed by atoms with Gasteiger partial charge in [-0.15, -0.1) is 10.2 Å². The molecule has 2 aliphatic carbocycles. The normalized spacial score (nSPS) is 23.3. The second-order valence-corrected chi connectivity index (χ2v) is 9.81. The molecule has 0 aliphatic heterocycles. The Balaban J connectivity index is 1.48. The van der Waals surface area contributed by atoms with Crippen molar-refractivity contribution in [3.63, 3.8) is 0 Å². The maximum atomic E-state index is 12.8. The first kappa shape index (κ1) is 20.2. The summed E-state index contributed by atoms with van der Waals surface area (Å²) >= 11 is 0. The minimum absolute atomic E-state index is 0.0946. The van der Waals surface area contributed by atoms with E-state index < -0.39 is 22.1 Å². The molecule has 2 aliphatic rings. The van der Waals surface area contributed by atoms with E-state index in [0.717, 1.165) is 24.7 Å². The Morgan fingerprint density at radius 1 is 1.17 bits per heavy atom. The summed E-state index contributed by atoms with van der Waals surface area (Å²) < 4.78 is 71.5. The van der Waals surface area contributed by atoms with Gasteiger partial charge in [-0.25, -0.2) is 8.42 Å². The molecule has 2 saturated carbocycles. The zero-order chi connectivity index (χ0) is 20.8. The number of ether oxygens (including phenoxy) is 1. The van der Waals surface area contributed by atoms with Crippen LogP contribution in [0.15, 0.2) is 12.3 Å². The second kappa shape index (κ2) is 7.33. The summed E-state index contributed by atoms with van der Waals surface area (Å²) in [6.45, 7) is 0.364. The molecule has 0 spiro atoms. The van der Waals surface area contributed by atoms with Gasteiger partial charge in [0.2, 0.25) is 16.0 Å². The molecular formula is C18H23F3N4O3S. The van der Waals surface area contributed by atoms with Crippen LogP contribution in [0.1, 0.15) is 50.0 Å². The Hall–Kier alpha value is -2.04. The summed E-state index contributed by atoms with van der Waals surface area (Å²) in [5, 5.41) is 7.88. The monoisotopic (exact) mass is 432 g/mol. The minimum atomic E-state index is -4.11. The average Bonchev–Trinajstić information content (AvgIpc) is 3.41. The van der Waals surface area contributed by atoms with Crippen molar-refractivity contribution in [1.29, 1.82) is 0 Å². The van der Waals surface area contributed by atoms with E-state index in [0.29, 0.717) is 36.8 Å². The van der Waals surface area contributed by atoms with E-state index in [1.54, 1.807) is 16.7 Å². The Bertz CT molecular complexity index is 994. The molecule has 0 radical (unpaired) electrons. The molecule has 0 amide bonds. The van der Waals surface area contributed by atoms with Crippen LogP contribution in [0.4, 0.5) is 19.1 Å². The van der Waals surface area contributed by atoms with E-state index in [9.17, 15) is 21.6 Å². The Morgan fingerprint density at radius 2 is 1.86 bits per heavy atom. The highest BCUT2D eigenvalue weighted by Gasteiger charge is 2.41. The van der Waals surface area contributed by atoms with E-state index in [-0.39, 0.29) is 24.7 Å². The molecule has 1 N–H and O–H groups in total. The number of hydrogen-bond donors (Lipinski definition) is 1. The topological polar surface area (TPSA) is 85.6 Å². The lowest BCUT2D eigenvalue weighted by atomic mass is 9.82. The first-order valence-corrected chi connectivity index (χ1v) is 11.6. The molecule has 0 aromatic carbocycles. The highest BCUT2D eigenvalue weighted by molar-refractivity contribution is 7.91. The van der Waals surface area contributed by atoms with Gasteiger partial charge in [-0.1, -0.05) is 0 Å². The van der Waals surface area contributed by atoms with Crippen LogP contribution in [-0.4, -0.2) is 42.1 Å². The summed E-state index contributed by atoms with van der Waals surface area (Å²) in [6, 6.07) is 1.72. The lowest BCUT2D eigenvalue weighted by molar-refractivity contribution is -0.184. The second-order valence-electron chi connectivity index (χ2n) is 8.06. The third kappa shape index (κ3) is 4.76. The van der Waals surface area contributed by atoms with Gasteiger partial charge in [-0.3, -0.25) is 9.12 Å². The van der Waals surface area contributed by atoms with E-state index in [1.807, 2.05) is 0 Å². The number of rotatable bonds is 6. The highest BCUT2D eigenvalue weighted by atomic mass is 32.2. The van der Waals surface area contributed by atoms with Gasteiger partial charge in [0.15, 0.2) is 5.65 Å². The van der Waals surface area contributed by atoms with Gasteiger partial charge in [0.05, 0.1) is 18.8 Å². The lowest BCUT2D eigenvalue weighted by Crippen LogP contribution is -2.29. The van der Waals surface area contributed by atoms with Crippen molar-refractivity contribution in [2.75, 3.05) is 17.6 Å². The summed E-state index contributed by atoms with van der Waals surface area (Å²) in [4.78, 5) is 0. The molecule has 2 heterocycles. The van der Waals surface area contributed by atoms with E-state index >= 15 is 0 Å². The fourth-order valence-corrected chi connectivity index (χ4v) is 4.33. The molecular weight excluding hydrogens is 409 g/mol. The third-order valence-electron chi connectivity index (χ3n) is 5.61. The molecule has 0 atom stereocenters. The number of halogens is 3. The van der Waals surface area contributed by atoms with Gasteiger partial charge in [0.1, 0.15) is 5.75 Å². The van der Waals surface area contributed by atoms with Gasteiger partial charge in [-0.05, 0) is 50.4 Å². The van der Waals surface area contributed by atoms with Gasteiger partial charge in [-0.2, -0.15) is 13.2 Å². The van der Waals surface area contributed by atoms with Crippen LogP contribution < -0.4 is 9.46 Å². The van der Waals surface area contributed by atoms with Crippen LogP contribution in [0.2, 0.25) is 0 Å². The first-order valence-electron chi connectivity index (χ1n) is 9.66. The predicted molar refractivity (Wildman–Crippen MR) is 100 cm³/mol. The first-order chi connectivity index (χ1) is 13.6. The molecule has 2 fully saturated rings. The Morgan fingerprint density at radius 3 is 2.45 bits per heavy atom. The number of aromatic nitrogens is 3. The number of pyridine rings is 1. The smallest absolute Gasteiger partial charge is 0.391 e. The fraction of sp³-hybridized carbons (Fsp3) is 0.667. The zero-order valence-electron chi connectivity index (χ0n) is 15.9. The van der Waals surface area contributed by atoms with Crippen LogP contribution >= 0.6 is 0 Å². The van der Waals surface area contributed by atoms with Gasteiger partial charge >= 0.3 is 6.18 Å². The summed E-state index contributed by atoms with van der Waals surface area (Å²) in [5.41, 5.74) is 1.38. The van der Waals surface area contributed by atoms with Crippen molar-refractivity contribution in [2.45, 2.75) is 50.6 Å². The maximum Gasteiger partial charge on any atom is 0.391 e. The zero-order valence-corrected chi connectivity index (χ0v) is 16.8. The number of fused-ring (bicyclic) bond motifs is 1. The van der Waals surface area contributed by atoms with E-state index in [2.05, 4.69) is 14.9 Å². The fourth-order valence-electron chi connectivity index (χ4n) is 3.86. The largest absolute Gasteiger partial charge is 0.493 e. The van der Waals surface area contributed by atoms with Gasteiger partial charge < -0.3 is 4.74 Å². The van der Waals surface area contributed by atoms with E-state index in [1.165, 1.54) is 0 Å². The van der Waals surface area contributed by atoms with Gasteiger partial charge in [0.25, 0.3) is 0 Å². The highest BCUT2D eigenvalue weighted by Crippen LogP contribution is 2.45. The summed E-state index contributed by atoms with van der Waals surface area (Å²) in [6.07, 6.45) is 2.04. The van der Waals surface area contributed by atoms with Crippen molar-refractivity contribution < 1.29 is 26.3 Å². The van der Waals surface area contributed by atoms with Crippen molar-refractivity contribution in [3.05, 3.63) is 17.8 Å². The molecule has 160 valence electrons. The number of sulfonamides is 1. The lowest BCUT2D eigenvalue weighted by Gasteiger charge is -2.29. The van der Waals surface area contributed by atoms with Crippen molar-refractivity contribution >= 4 is 21.6 Å². The minimum Gasteiger partial charge on any atom is -0.493 e. The predicted octanol–water partition coefficient (Wildman–Crippen LogP) is 3.73. The van der Waals surface area contributed by atoms with Crippen molar-refractivity contribution in [2.24, 2.45) is 11.8 Å².